The smallest absolute Gasteiger partial charge is 0.239 e. The van der Waals surface area contributed by atoms with Crippen LogP contribution in [0.5, 0.6) is 11.5 Å². The summed E-state index contributed by atoms with van der Waals surface area (Å²) in [5.41, 5.74) is 3.55. The Hall–Kier alpha value is -2.49. The molecule has 0 saturated heterocycles. The van der Waals surface area contributed by atoms with Crippen LogP contribution in [0.1, 0.15) is 16.7 Å². The average Bonchev–Trinajstić information content (AvgIpc) is 3.23. The maximum absolute atomic E-state index is 12.1. The summed E-state index contributed by atoms with van der Waals surface area (Å²) in [5.74, 6) is 2.31. The maximum Gasteiger partial charge on any atom is 0.239 e. The lowest BCUT2D eigenvalue weighted by Crippen LogP contribution is -2.43. The number of benzene rings is 2. The summed E-state index contributed by atoms with van der Waals surface area (Å²) in [5, 5.41) is 9.16. The van der Waals surface area contributed by atoms with E-state index in [-0.39, 0.29) is 36.4 Å². The molecule has 1 aliphatic heterocycles. The molecule has 0 unspecified atom stereocenters. The summed E-state index contributed by atoms with van der Waals surface area (Å²) >= 11 is 0. The number of hydrogen-bond acceptors (Lipinski definition) is 4. The maximum atomic E-state index is 12.1. The summed E-state index contributed by atoms with van der Waals surface area (Å²) in [4.78, 5) is 16.2. The first kappa shape index (κ1) is 23.8. The van der Waals surface area contributed by atoms with Crippen molar-refractivity contribution in [2.75, 3.05) is 33.9 Å². The molecule has 7 nitrogen and oxygen atoms in total. The number of nitrogens with one attached hydrogen (secondary N) is 3. The predicted octanol–water partition coefficient (Wildman–Crippen LogP) is 2.27. The van der Waals surface area contributed by atoms with Crippen LogP contribution in [0.3, 0.4) is 0 Å². The molecule has 1 amide bonds. The first-order chi connectivity index (χ1) is 14.2. The molecule has 0 bridgehead atoms. The van der Waals surface area contributed by atoms with E-state index in [0.717, 1.165) is 43.1 Å². The first-order valence-corrected chi connectivity index (χ1v) is 9.76. The normalized spacial score (nSPS) is 12.3. The largest absolute Gasteiger partial charge is 0.497 e. The number of guanidine groups is 1. The van der Waals surface area contributed by atoms with Crippen molar-refractivity contribution in [2.24, 2.45) is 4.99 Å². The van der Waals surface area contributed by atoms with Crippen LogP contribution in [0.15, 0.2) is 47.5 Å². The third-order valence-corrected chi connectivity index (χ3v) is 4.75. The molecule has 0 radical (unpaired) electrons. The molecule has 0 saturated carbocycles. The lowest BCUT2D eigenvalue weighted by Gasteiger charge is -2.12. The number of rotatable bonds is 8. The van der Waals surface area contributed by atoms with Crippen molar-refractivity contribution in [3.63, 3.8) is 0 Å². The van der Waals surface area contributed by atoms with E-state index in [1.807, 2.05) is 30.3 Å². The van der Waals surface area contributed by atoms with Crippen LogP contribution in [-0.2, 0) is 24.2 Å². The topological polar surface area (TPSA) is 84.0 Å². The Balaban J connectivity index is 0.00000320. The van der Waals surface area contributed by atoms with Crippen LogP contribution in [-0.4, -0.2) is 45.7 Å². The van der Waals surface area contributed by atoms with Crippen molar-refractivity contribution in [3.8, 4) is 11.5 Å². The van der Waals surface area contributed by atoms with Gasteiger partial charge in [-0.2, -0.15) is 0 Å². The number of ether oxygens (including phenoxy) is 2. The van der Waals surface area contributed by atoms with Crippen LogP contribution in [0, 0.1) is 0 Å². The van der Waals surface area contributed by atoms with Gasteiger partial charge in [-0.25, -0.2) is 0 Å². The molecular formula is C22H29IN4O3. The van der Waals surface area contributed by atoms with E-state index in [9.17, 15) is 4.79 Å². The minimum atomic E-state index is -0.0950. The third-order valence-electron chi connectivity index (χ3n) is 4.75. The second kappa shape index (κ2) is 12.3. The molecule has 30 heavy (non-hydrogen) atoms. The van der Waals surface area contributed by atoms with Crippen LogP contribution in [0.25, 0.3) is 0 Å². The molecule has 0 aromatic heterocycles. The molecule has 2 aromatic carbocycles. The number of fused-ring (bicyclic) bond motifs is 1. The van der Waals surface area contributed by atoms with Gasteiger partial charge in [0.05, 0.1) is 20.3 Å². The number of amides is 1. The predicted molar refractivity (Wildman–Crippen MR) is 129 cm³/mol. The summed E-state index contributed by atoms with van der Waals surface area (Å²) in [6, 6.07) is 13.9. The monoisotopic (exact) mass is 524 g/mol. The van der Waals surface area contributed by atoms with Gasteiger partial charge in [0.25, 0.3) is 0 Å². The Morgan fingerprint density at radius 3 is 2.60 bits per heavy atom. The number of carbonyl (C=O) groups excluding carboxylic acids is 1. The van der Waals surface area contributed by atoms with Crippen molar-refractivity contribution < 1.29 is 14.3 Å². The highest BCUT2D eigenvalue weighted by Crippen LogP contribution is 2.25. The van der Waals surface area contributed by atoms with Crippen molar-refractivity contribution in [1.29, 1.82) is 0 Å². The van der Waals surface area contributed by atoms with Gasteiger partial charge in [0.1, 0.15) is 11.5 Å². The van der Waals surface area contributed by atoms with Gasteiger partial charge in [0.2, 0.25) is 5.91 Å². The molecule has 0 spiro atoms. The van der Waals surface area contributed by atoms with Crippen LogP contribution >= 0.6 is 24.0 Å². The van der Waals surface area contributed by atoms with E-state index in [1.165, 1.54) is 11.1 Å². The molecule has 0 fully saturated rings. The second-order valence-corrected chi connectivity index (χ2v) is 6.77. The van der Waals surface area contributed by atoms with Gasteiger partial charge >= 0.3 is 0 Å². The van der Waals surface area contributed by atoms with Gasteiger partial charge in [-0.3, -0.25) is 9.79 Å². The lowest BCUT2D eigenvalue weighted by molar-refractivity contribution is -0.120. The highest BCUT2D eigenvalue weighted by Gasteiger charge is 2.12. The molecule has 2 aromatic rings. The van der Waals surface area contributed by atoms with Crippen molar-refractivity contribution >= 4 is 35.8 Å². The van der Waals surface area contributed by atoms with Gasteiger partial charge in [0, 0.05) is 26.6 Å². The van der Waals surface area contributed by atoms with E-state index < -0.39 is 0 Å². The summed E-state index contributed by atoms with van der Waals surface area (Å²) in [6.45, 7) is 2.13. The highest BCUT2D eigenvalue weighted by molar-refractivity contribution is 14.0. The third kappa shape index (κ3) is 7.08. The molecule has 1 aliphatic rings. The minimum Gasteiger partial charge on any atom is -0.497 e. The lowest BCUT2D eigenvalue weighted by atomic mass is 10.1. The van der Waals surface area contributed by atoms with Crippen LogP contribution in [0.4, 0.5) is 0 Å². The standard InChI is InChI=1S/C22H28N4O3.HI/c1-23-22(24-11-9-16-5-8-20-18(13-16)10-12-29-20)26-15-21(27)25-14-17-3-6-19(28-2)7-4-17;/h3-8,13H,9-12,14-15H2,1-2H3,(H,25,27)(H2,23,24,26);1H. The Bertz CT molecular complexity index is 856. The molecule has 0 aliphatic carbocycles. The van der Waals surface area contributed by atoms with E-state index in [2.05, 4.69) is 33.1 Å². The van der Waals surface area contributed by atoms with Gasteiger partial charge in [-0.05, 0) is 41.3 Å². The first-order valence-electron chi connectivity index (χ1n) is 9.76. The van der Waals surface area contributed by atoms with E-state index >= 15 is 0 Å². The summed E-state index contributed by atoms with van der Waals surface area (Å²) < 4.78 is 10.7. The number of halogens is 1. The summed E-state index contributed by atoms with van der Waals surface area (Å²) in [7, 11) is 3.32. The van der Waals surface area contributed by atoms with Crippen LogP contribution < -0.4 is 25.4 Å². The Kier molecular flexibility index (Phi) is 9.72. The van der Waals surface area contributed by atoms with Gasteiger partial charge in [-0.1, -0.05) is 24.3 Å². The zero-order valence-electron chi connectivity index (χ0n) is 17.4. The minimum absolute atomic E-state index is 0. The number of hydrogen-bond donors (Lipinski definition) is 3. The zero-order chi connectivity index (χ0) is 20.5. The number of nitrogens with zero attached hydrogens (tertiary/aromatic N) is 1. The van der Waals surface area contributed by atoms with E-state index in [0.29, 0.717) is 12.5 Å². The zero-order valence-corrected chi connectivity index (χ0v) is 19.7. The average molecular weight is 524 g/mol. The summed E-state index contributed by atoms with van der Waals surface area (Å²) in [6.07, 6.45) is 1.85. The second-order valence-electron chi connectivity index (χ2n) is 6.77. The highest BCUT2D eigenvalue weighted by atomic mass is 127. The van der Waals surface area contributed by atoms with Gasteiger partial charge in [-0.15, -0.1) is 24.0 Å². The van der Waals surface area contributed by atoms with Gasteiger partial charge in [0.15, 0.2) is 5.96 Å². The Labute approximate surface area is 194 Å². The number of carbonyl (C=O) groups is 1. The van der Waals surface area contributed by atoms with Crippen molar-refractivity contribution in [2.45, 2.75) is 19.4 Å². The van der Waals surface area contributed by atoms with Crippen LogP contribution in [0.2, 0.25) is 0 Å². The molecule has 8 heteroatoms. The fraction of sp³-hybridized carbons (Fsp3) is 0.364. The SMILES string of the molecule is CN=C(NCCc1ccc2c(c1)CCO2)NCC(=O)NCc1ccc(OC)cc1.I. The number of methoxy groups -OCH3 is 1. The van der Waals surface area contributed by atoms with E-state index in [1.54, 1.807) is 14.2 Å². The van der Waals surface area contributed by atoms with E-state index in [4.69, 9.17) is 9.47 Å². The fourth-order valence-corrected chi connectivity index (χ4v) is 3.11. The molecule has 1 heterocycles. The molecular weight excluding hydrogens is 495 g/mol. The number of aliphatic imine (C=N–C) groups is 1. The quantitative estimate of drug-likeness (QED) is 0.281. The fourth-order valence-electron chi connectivity index (χ4n) is 3.11. The van der Waals surface area contributed by atoms with Gasteiger partial charge < -0.3 is 25.4 Å². The molecule has 162 valence electrons. The van der Waals surface area contributed by atoms with Crippen molar-refractivity contribution in [3.05, 3.63) is 59.2 Å². The molecule has 3 rings (SSSR count). The Morgan fingerprint density at radius 1 is 1.10 bits per heavy atom. The van der Waals surface area contributed by atoms with Crippen molar-refractivity contribution in [1.82, 2.24) is 16.0 Å². The molecule has 3 N–H and O–H groups in total. The molecule has 0 atom stereocenters. The Morgan fingerprint density at radius 2 is 1.87 bits per heavy atom.